The van der Waals surface area contributed by atoms with Gasteiger partial charge in [-0.05, 0) is 57.7 Å². The van der Waals surface area contributed by atoms with Crippen LogP contribution in [0.25, 0.3) is 16.8 Å². The highest BCUT2D eigenvalue weighted by atomic mass is 16.5. The number of carbonyl (C=O) groups excluding carboxylic acids is 1. The molecule has 4 nitrogen and oxygen atoms in total. The number of benzene rings is 2. The van der Waals surface area contributed by atoms with Crippen molar-refractivity contribution in [1.82, 2.24) is 10.2 Å². The summed E-state index contributed by atoms with van der Waals surface area (Å²) in [6.45, 7) is 5.01. The standard InChI is InChI=1S/C24H24N2O2/c27-24(25-7-8-26-9-11-28-12-10-26)21-14-19-13-18-6-5-17-3-1-2-4-22(17)23(18)16-20(19)15-21/h1-6,14-16H,7-13H2,(H,25,27). The molecule has 2 aromatic rings. The van der Waals surface area contributed by atoms with Crippen LogP contribution in [0.4, 0.5) is 0 Å². The van der Waals surface area contributed by atoms with E-state index in [1.807, 2.05) is 12.2 Å². The molecule has 0 aromatic heterocycles. The zero-order chi connectivity index (χ0) is 18.9. The maximum Gasteiger partial charge on any atom is 0.251 e. The zero-order valence-corrected chi connectivity index (χ0v) is 15.9. The van der Waals surface area contributed by atoms with E-state index in [0.717, 1.165) is 44.8 Å². The van der Waals surface area contributed by atoms with Crippen LogP contribution in [-0.4, -0.2) is 50.2 Å². The summed E-state index contributed by atoms with van der Waals surface area (Å²) in [5, 5.41) is 5.61. The van der Waals surface area contributed by atoms with Crippen LogP contribution in [0, 0.1) is 0 Å². The Morgan fingerprint density at radius 3 is 2.79 bits per heavy atom. The second-order valence-electron chi connectivity index (χ2n) is 7.62. The van der Waals surface area contributed by atoms with Crippen molar-refractivity contribution < 1.29 is 9.53 Å². The molecule has 0 radical (unpaired) electrons. The van der Waals surface area contributed by atoms with Crippen LogP contribution in [0.5, 0.6) is 0 Å². The minimum atomic E-state index is 0.0185. The molecule has 1 saturated heterocycles. The first-order valence-corrected chi connectivity index (χ1v) is 10.0. The first-order chi connectivity index (χ1) is 13.8. The van der Waals surface area contributed by atoms with Crippen molar-refractivity contribution in [3.63, 3.8) is 0 Å². The number of amides is 1. The van der Waals surface area contributed by atoms with Crippen molar-refractivity contribution in [2.24, 2.45) is 0 Å². The number of hydrogen-bond donors (Lipinski definition) is 1. The summed E-state index contributed by atoms with van der Waals surface area (Å²) >= 11 is 0. The van der Waals surface area contributed by atoms with Crippen molar-refractivity contribution in [1.29, 1.82) is 0 Å². The lowest BCUT2D eigenvalue weighted by Gasteiger charge is -2.26. The van der Waals surface area contributed by atoms with E-state index < -0.39 is 0 Å². The van der Waals surface area contributed by atoms with Gasteiger partial charge in [-0.25, -0.2) is 0 Å². The van der Waals surface area contributed by atoms with Crippen LogP contribution >= 0.6 is 0 Å². The molecule has 142 valence electrons. The van der Waals surface area contributed by atoms with Crippen molar-refractivity contribution in [3.8, 4) is 0 Å². The zero-order valence-electron chi connectivity index (χ0n) is 15.9. The number of ether oxygens (including phenoxy) is 1. The highest BCUT2D eigenvalue weighted by Crippen LogP contribution is 2.37. The van der Waals surface area contributed by atoms with Gasteiger partial charge in [0.05, 0.1) is 13.2 Å². The van der Waals surface area contributed by atoms with Gasteiger partial charge in [0.1, 0.15) is 0 Å². The predicted octanol–water partition coefficient (Wildman–Crippen LogP) is 3.09. The van der Waals surface area contributed by atoms with E-state index in [9.17, 15) is 4.79 Å². The molecule has 2 aliphatic carbocycles. The van der Waals surface area contributed by atoms with Gasteiger partial charge in [0.15, 0.2) is 0 Å². The molecule has 1 fully saturated rings. The van der Waals surface area contributed by atoms with Crippen LogP contribution < -0.4 is 5.32 Å². The van der Waals surface area contributed by atoms with Gasteiger partial charge in [-0.15, -0.1) is 0 Å². The number of rotatable bonds is 4. The first-order valence-electron chi connectivity index (χ1n) is 10.0. The number of fused-ring (bicyclic) bond motifs is 4. The second-order valence-corrected chi connectivity index (χ2v) is 7.62. The largest absolute Gasteiger partial charge is 0.379 e. The minimum Gasteiger partial charge on any atom is -0.379 e. The Hall–Kier alpha value is -2.69. The molecule has 0 saturated carbocycles. The fourth-order valence-corrected chi connectivity index (χ4v) is 4.27. The number of hydrogen-bond acceptors (Lipinski definition) is 3. The van der Waals surface area contributed by atoms with E-state index in [1.165, 1.54) is 33.0 Å². The molecule has 5 rings (SSSR count). The third kappa shape index (κ3) is 3.30. The summed E-state index contributed by atoms with van der Waals surface area (Å²) in [7, 11) is 0. The molecule has 3 aliphatic rings. The number of nitrogens with one attached hydrogen (secondary N) is 1. The molecule has 28 heavy (non-hydrogen) atoms. The van der Waals surface area contributed by atoms with E-state index in [2.05, 4.69) is 52.7 Å². The lowest BCUT2D eigenvalue weighted by molar-refractivity contribution is -0.117. The van der Waals surface area contributed by atoms with Crippen LogP contribution in [0.3, 0.4) is 0 Å². The normalized spacial score (nSPS) is 18.8. The van der Waals surface area contributed by atoms with Gasteiger partial charge in [-0.1, -0.05) is 36.4 Å². The predicted molar refractivity (Wildman–Crippen MR) is 112 cm³/mol. The van der Waals surface area contributed by atoms with Gasteiger partial charge < -0.3 is 10.1 Å². The summed E-state index contributed by atoms with van der Waals surface area (Å²) < 4.78 is 5.36. The highest BCUT2D eigenvalue weighted by molar-refractivity contribution is 6.01. The van der Waals surface area contributed by atoms with Gasteiger partial charge >= 0.3 is 0 Å². The van der Waals surface area contributed by atoms with Crippen molar-refractivity contribution in [2.45, 2.75) is 6.42 Å². The minimum absolute atomic E-state index is 0.0185. The molecule has 0 atom stereocenters. The maximum absolute atomic E-state index is 12.6. The topological polar surface area (TPSA) is 41.6 Å². The van der Waals surface area contributed by atoms with Crippen molar-refractivity contribution in [2.75, 3.05) is 39.4 Å². The average molecular weight is 372 g/mol. The van der Waals surface area contributed by atoms with Gasteiger partial charge in [0.2, 0.25) is 0 Å². The molecule has 0 unspecified atom stereocenters. The lowest BCUT2D eigenvalue weighted by Crippen LogP contribution is -2.41. The maximum atomic E-state index is 12.6. The highest BCUT2D eigenvalue weighted by Gasteiger charge is 2.23. The molecule has 4 heteroatoms. The monoisotopic (exact) mass is 372 g/mol. The summed E-state index contributed by atoms with van der Waals surface area (Å²) in [4.78, 5) is 14.9. The summed E-state index contributed by atoms with van der Waals surface area (Å²) in [5.74, 6) is 0.0185. The smallest absolute Gasteiger partial charge is 0.251 e. The Morgan fingerprint density at radius 2 is 1.89 bits per heavy atom. The third-order valence-corrected chi connectivity index (χ3v) is 5.83. The summed E-state index contributed by atoms with van der Waals surface area (Å²) in [5.41, 5.74) is 5.79. The van der Waals surface area contributed by atoms with Gasteiger partial charge in [-0.2, -0.15) is 0 Å². The molecular weight excluding hydrogens is 348 g/mol. The third-order valence-electron chi connectivity index (χ3n) is 5.83. The fourth-order valence-electron chi connectivity index (χ4n) is 4.27. The molecule has 1 heterocycles. The van der Waals surface area contributed by atoms with E-state index in [-0.39, 0.29) is 5.91 Å². The Bertz CT molecular complexity index is 1030. The number of carbonyl (C=O) groups is 1. The Labute approximate surface area is 165 Å². The van der Waals surface area contributed by atoms with Gasteiger partial charge in [0, 0.05) is 31.8 Å². The van der Waals surface area contributed by atoms with E-state index in [0.29, 0.717) is 6.54 Å². The van der Waals surface area contributed by atoms with E-state index in [1.54, 1.807) is 0 Å². The Kier molecular flexibility index (Phi) is 4.59. The quantitative estimate of drug-likeness (QED) is 0.897. The number of morpholine rings is 1. The average Bonchev–Trinajstić information content (AvgIpc) is 3.16. The molecule has 1 amide bonds. The number of nitrogens with zero attached hydrogens (tertiary/aromatic N) is 1. The summed E-state index contributed by atoms with van der Waals surface area (Å²) in [6, 6.07) is 12.9. The SMILES string of the molecule is O=C(NCCN1CCOCC1)C1=CC2=Cc3c(ccc4ccccc34)CC2=C1. The van der Waals surface area contributed by atoms with Crippen molar-refractivity contribution in [3.05, 3.63) is 76.4 Å². The Morgan fingerprint density at radius 1 is 1.04 bits per heavy atom. The van der Waals surface area contributed by atoms with Crippen LogP contribution in [-0.2, 0) is 16.0 Å². The van der Waals surface area contributed by atoms with Crippen LogP contribution in [0.15, 0.2) is 65.3 Å². The molecular formula is C24H24N2O2. The van der Waals surface area contributed by atoms with Gasteiger partial charge in [0.25, 0.3) is 5.91 Å². The van der Waals surface area contributed by atoms with Gasteiger partial charge in [-0.3, -0.25) is 9.69 Å². The molecule has 0 bridgehead atoms. The first kappa shape index (κ1) is 17.4. The Balaban J connectivity index is 1.30. The number of allylic oxidation sites excluding steroid dienone is 3. The van der Waals surface area contributed by atoms with E-state index in [4.69, 9.17) is 4.74 Å². The van der Waals surface area contributed by atoms with Crippen LogP contribution in [0.1, 0.15) is 11.1 Å². The van der Waals surface area contributed by atoms with Crippen molar-refractivity contribution >= 4 is 22.8 Å². The molecule has 2 aromatic carbocycles. The summed E-state index contributed by atoms with van der Waals surface area (Å²) in [6.07, 6.45) is 7.20. The fraction of sp³-hybridized carbons (Fsp3) is 0.292. The lowest BCUT2D eigenvalue weighted by atomic mass is 9.87. The molecule has 1 N–H and O–H groups in total. The van der Waals surface area contributed by atoms with E-state index >= 15 is 0 Å². The second kappa shape index (κ2) is 7.38. The molecule has 1 aliphatic heterocycles. The molecule has 0 spiro atoms. The van der Waals surface area contributed by atoms with Crippen LogP contribution in [0.2, 0.25) is 0 Å².